The lowest BCUT2D eigenvalue weighted by atomic mass is 10.1. The molecule has 3 rings (SSSR count). The van der Waals surface area contributed by atoms with E-state index in [1.165, 1.54) is 11.2 Å². The van der Waals surface area contributed by atoms with E-state index in [4.69, 9.17) is 0 Å². The van der Waals surface area contributed by atoms with E-state index in [1.807, 2.05) is 4.90 Å². The van der Waals surface area contributed by atoms with E-state index in [2.05, 4.69) is 5.32 Å². The molecule has 8 heteroatoms. The Kier molecular flexibility index (Phi) is 6.23. The van der Waals surface area contributed by atoms with Crippen LogP contribution in [0.4, 0.5) is 5.69 Å². The molecule has 1 saturated heterocycles. The number of sulfonamides is 1. The van der Waals surface area contributed by atoms with Gasteiger partial charge in [-0.25, -0.2) is 8.42 Å². The van der Waals surface area contributed by atoms with E-state index in [1.54, 1.807) is 54.6 Å². The van der Waals surface area contributed by atoms with Gasteiger partial charge in [0.25, 0.3) is 0 Å². The van der Waals surface area contributed by atoms with Gasteiger partial charge >= 0.3 is 0 Å². The molecule has 0 radical (unpaired) electrons. The number of piperazine rings is 1. The molecule has 0 saturated carbocycles. The van der Waals surface area contributed by atoms with Gasteiger partial charge in [0.2, 0.25) is 15.9 Å². The van der Waals surface area contributed by atoms with Crippen LogP contribution in [0.15, 0.2) is 59.5 Å². The van der Waals surface area contributed by atoms with Crippen LogP contribution in [-0.4, -0.2) is 62.0 Å². The van der Waals surface area contributed by atoms with E-state index in [9.17, 15) is 18.0 Å². The second-order valence-electron chi connectivity index (χ2n) is 6.67. The van der Waals surface area contributed by atoms with Crippen molar-refractivity contribution in [2.45, 2.75) is 11.8 Å². The molecule has 0 bridgehead atoms. The monoisotopic (exact) mass is 401 g/mol. The predicted octanol–water partition coefficient (Wildman–Crippen LogP) is 1.83. The van der Waals surface area contributed by atoms with Gasteiger partial charge in [-0.15, -0.1) is 0 Å². The van der Waals surface area contributed by atoms with Crippen LogP contribution in [0.25, 0.3) is 0 Å². The van der Waals surface area contributed by atoms with Gasteiger partial charge in [-0.05, 0) is 43.3 Å². The van der Waals surface area contributed by atoms with Crippen LogP contribution in [0, 0.1) is 0 Å². The fourth-order valence-electron chi connectivity index (χ4n) is 3.06. The van der Waals surface area contributed by atoms with Crippen molar-refractivity contribution in [3.63, 3.8) is 0 Å². The van der Waals surface area contributed by atoms with Crippen LogP contribution in [0.3, 0.4) is 0 Å². The lowest BCUT2D eigenvalue weighted by molar-refractivity contribution is -0.117. The molecule has 0 aromatic heterocycles. The van der Waals surface area contributed by atoms with Gasteiger partial charge in [0.1, 0.15) is 0 Å². The molecule has 0 spiro atoms. The van der Waals surface area contributed by atoms with E-state index in [0.29, 0.717) is 37.4 Å². The van der Waals surface area contributed by atoms with Gasteiger partial charge in [-0.1, -0.05) is 18.2 Å². The Balaban J connectivity index is 1.51. The number of benzene rings is 2. The molecule has 148 valence electrons. The Labute approximate surface area is 165 Å². The summed E-state index contributed by atoms with van der Waals surface area (Å²) in [6, 6.07) is 15.1. The average molecular weight is 401 g/mol. The number of carbonyl (C=O) groups excluding carboxylic acids is 2. The fourth-order valence-corrected chi connectivity index (χ4v) is 4.50. The lowest BCUT2D eigenvalue weighted by Gasteiger charge is -2.33. The van der Waals surface area contributed by atoms with E-state index < -0.39 is 10.0 Å². The minimum absolute atomic E-state index is 0.0267. The number of nitrogens with zero attached hydrogens (tertiary/aromatic N) is 2. The van der Waals surface area contributed by atoms with Crippen molar-refractivity contribution in [3.05, 3.63) is 60.2 Å². The maximum atomic E-state index is 12.6. The topological polar surface area (TPSA) is 86.8 Å². The first-order valence-corrected chi connectivity index (χ1v) is 10.5. The molecule has 1 aliphatic heterocycles. The molecule has 28 heavy (non-hydrogen) atoms. The van der Waals surface area contributed by atoms with Crippen LogP contribution in [-0.2, 0) is 14.8 Å². The summed E-state index contributed by atoms with van der Waals surface area (Å²) in [5, 5.41) is 2.80. The Bertz CT molecular complexity index is 935. The molecule has 2 aromatic carbocycles. The summed E-state index contributed by atoms with van der Waals surface area (Å²) in [4.78, 5) is 25.8. The molecule has 7 nitrogen and oxygen atoms in total. The average Bonchev–Trinajstić information content (AvgIpc) is 2.69. The van der Waals surface area contributed by atoms with Gasteiger partial charge in [-0.3, -0.25) is 14.5 Å². The molecule has 0 aliphatic carbocycles. The van der Waals surface area contributed by atoms with E-state index in [0.717, 1.165) is 0 Å². The van der Waals surface area contributed by atoms with Crippen molar-refractivity contribution in [2.75, 3.05) is 38.0 Å². The maximum absolute atomic E-state index is 12.6. The lowest BCUT2D eigenvalue weighted by Crippen LogP contribution is -2.50. The molecule has 1 heterocycles. The number of amides is 1. The Hall–Kier alpha value is -2.55. The third kappa shape index (κ3) is 4.83. The zero-order valence-electron chi connectivity index (χ0n) is 15.7. The van der Waals surface area contributed by atoms with Crippen LogP contribution in [0.5, 0.6) is 0 Å². The van der Waals surface area contributed by atoms with Crippen LogP contribution >= 0.6 is 0 Å². The zero-order chi connectivity index (χ0) is 20.1. The summed E-state index contributed by atoms with van der Waals surface area (Å²) < 4.78 is 26.7. The first-order valence-electron chi connectivity index (χ1n) is 9.05. The van der Waals surface area contributed by atoms with Crippen molar-refractivity contribution in [1.82, 2.24) is 9.21 Å². The van der Waals surface area contributed by atoms with Gasteiger partial charge in [0, 0.05) is 37.4 Å². The second-order valence-corrected chi connectivity index (χ2v) is 8.61. The van der Waals surface area contributed by atoms with E-state index >= 15 is 0 Å². The quantitative estimate of drug-likeness (QED) is 0.747. The highest BCUT2D eigenvalue weighted by atomic mass is 32.2. The molecule has 1 aliphatic rings. The first-order chi connectivity index (χ1) is 13.4. The Morgan fingerprint density at radius 1 is 0.929 bits per heavy atom. The largest absolute Gasteiger partial charge is 0.325 e. The smallest absolute Gasteiger partial charge is 0.243 e. The Morgan fingerprint density at radius 3 is 2.11 bits per heavy atom. The molecule has 1 amide bonds. The normalized spacial score (nSPS) is 15.9. The highest BCUT2D eigenvalue weighted by Crippen LogP contribution is 2.17. The van der Waals surface area contributed by atoms with Gasteiger partial charge < -0.3 is 5.32 Å². The third-order valence-corrected chi connectivity index (χ3v) is 6.57. The van der Waals surface area contributed by atoms with Gasteiger partial charge in [0.15, 0.2) is 5.78 Å². The molecule has 0 atom stereocenters. The third-order valence-electron chi connectivity index (χ3n) is 4.65. The number of nitrogens with one attached hydrogen (secondary N) is 1. The predicted molar refractivity (Wildman–Crippen MR) is 107 cm³/mol. The first kappa shape index (κ1) is 20.2. The number of Topliss-reactive ketones (excluding diaryl/α,β-unsaturated/α-hetero) is 1. The second kappa shape index (κ2) is 8.64. The van der Waals surface area contributed by atoms with Crippen molar-refractivity contribution >= 4 is 27.4 Å². The van der Waals surface area contributed by atoms with Crippen molar-refractivity contribution < 1.29 is 18.0 Å². The standard InChI is InChI=1S/C20H23N3O4S/c1-16(24)17-7-9-18(10-8-17)21-20(25)15-22-11-13-23(14-12-22)28(26,27)19-5-3-2-4-6-19/h2-10H,11-15H2,1H3,(H,21,25). The Morgan fingerprint density at radius 2 is 1.54 bits per heavy atom. The summed E-state index contributed by atoms with van der Waals surface area (Å²) in [7, 11) is -3.50. The summed E-state index contributed by atoms with van der Waals surface area (Å²) in [6.07, 6.45) is 0. The molecule has 1 N–H and O–H groups in total. The van der Waals surface area contributed by atoms with Crippen molar-refractivity contribution in [2.24, 2.45) is 0 Å². The molecular weight excluding hydrogens is 378 g/mol. The number of hydrogen-bond donors (Lipinski definition) is 1. The minimum atomic E-state index is -3.50. The van der Waals surface area contributed by atoms with Crippen LogP contribution in [0.2, 0.25) is 0 Å². The number of carbonyl (C=O) groups is 2. The fraction of sp³-hybridized carbons (Fsp3) is 0.300. The van der Waals surface area contributed by atoms with Crippen molar-refractivity contribution in [1.29, 1.82) is 0 Å². The highest BCUT2D eigenvalue weighted by Gasteiger charge is 2.28. The molecule has 0 unspecified atom stereocenters. The van der Waals surface area contributed by atoms with Crippen LogP contribution < -0.4 is 5.32 Å². The zero-order valence-corrected chi connectivity index (χ0v) is 16.5. The van der Waals surface area contributed by atoms with Crippen LogP contribution in [0.1, 0.15) is 17.3 Å². The maximum Gasteiger partial charge on any atom is 0.243 e. The summed E-state index contributed by atoms with van der Waals surface area (Å²) in [6.45, 7) is 3.35. The van der Waals surface area contributed by atoms with Crippen molar-refractivity contribution in [3.8, 4) is 0 Å². The minimum Gasteiger partial charge on any atom is -0.325 e. The molecule has 1 fully saturated rings. The number of anilines is 1. The number of hydrogen-bond acceptors (Lipinski definition) is 5. The summed E-state index contributed by atoms with van der Waals surface area (Å²) in [5.41, 5.74) is 1.22. The molecule has 2 aromatic rings. The van der Waals surface area contributed by atoms with Gasteiger partial charge in [-0.2, -0.15) is 4.31 Å². The summed E-state index contributed by atoms with van der Waals surface area (Å²) in [5.74, 6) is -0.198. The SMILES string of the molecule is CC(=O)c1ccc(NC(=O)CN2CCN(S(=O)(=O)c3ccccc3)CC2)cc1. The van der Waals surface area contributed by atoms with E-state index in [-0.39, 0.29) is 23.1 Å². The summed E-state index contributed by atoms with van der Waals surface area (Å²) >= 11 is 0. The number of ketones is 1. The molecular formula is C20H23N3O4S. The number of rotatable bonds is 6. The van der Waals surface area contributed by atoms with Gasteiger partial charge in [0.05, 0.1) is 11.4 Å². The highest BCUT2D eigenvalue weighted by molar-refractivity contribution is 7.89.